The van der Waals surface area contributed by atoms with Crippen LogP contribution in [0.4, 0.5) is 4.39 Å². The predicted octanol–water partition coefficient (Wildman–Crippen LogP) is 2.12. The van der Waals surface area contributed by atoms with Gasteiger partial charge in [-0.25, -0.2) is 14.1 Å². The molecule has 1 amide bonds. The van der Waals surface area contributed by atoms with Crippen LogP contribution in [0.1, 0.15) is 25.7 Å². The molecular formula is C19H20FN5O2. The maximum atomic E-state index is 13.1. The zero-order valence-electron chi connectivity index (χ0n) is 14.8. The molecule has 2 aromatic heterocycles. The van der Waals surface area contributed by atoms with Crippen molar-refractivity contribution in [2.45, 2.75) is 32.2 Å². The van der Waals surface area contributed by atoms with Gasteiger partial charge in [0.15, 0.2) is 5.65 Å². The van der Waals surface area contributed by atoms with Gasteiger partial charge in [-0.3, -0.25) is 14.2 Å². The first kappa shape index (κ1) is 17.4. The predicted molar refractivity (Wildman–Crippen MR) is 98.1 cm³/mol. The Hall–Kier alpha value is -3.03. The van der Waals surface area contributed by atoms with Crippen LogP contribution in [0.25, 0.3) is 16.7 Å². The third kappa shape index (κ3) is 3.47. The Morgan fingerprint density at radius 3 is 2.48 bits per heavy atom. The number of fused-ring (bicyclic) bond motifs is 1. The highest BCUT2D eigenvalue weighted by Crippen LogP contribution is 2.14. The van der Waals surface area contributed by atoms with E-state index in [-0.39, 0.29) is 23.8 Å². The normalized spacial score (nSPS) is 15.1. The van der Waals surface area contributed by atoms with Crippen molar-refractivity contribution in [3.8, 4) is 5.69 Å². The summed E-state index contributed by atoms with van der Waals surface area (Å²) in [5, 5.41) is 4.53. The SMILES string of the molecule is O=C(Cn1cnc2c(cnn2-c2ccc(F)cc2)c1=O)N1CCCCCC1. The van der Waals surface area contributed by atoms with Gasteiger partial charge in [-0.15, -0.1) is 0 Å². The van der Waals surface area contributed by atoms with Crippen LogP contribution >= 0.6 is 0 Å². The highest BCUT2D eigenvalue weighted by molar-refractivity contribution is 5.78. The van der Waals surface area contributed by atoms with E-state index >= 15 is 0 Å². The van der Waals surface area contributed by atoms with Crippen molar-refractivity contribution in [1.29, 1.82) is 0 Å². The summed E-state index contributed by atoms with van der Waals surface area (Å²) in [5.74, 6) is -0.413. The van der Waals surface area contributed by atoms with E-state index in [0.29, 0.717) is 16.7 Å². The second-order valence-corrected chi connectivity index (χ2v) is 6.74. The van der Waals surface area contributed by atoms with Crippen LogP contribution in [0.2, 0.25) is 0 Å². The van der Waals surface area contributed by atoms with E-state index in [9.17, 15) is 14.0 Å². The first-order chi connectivity index (χ1) is 13.1. The number of likely N-dealkylation sites (tertiary alicyclic amines) is 1. The number of aromatic nitrogens is 4. The van der Waals surface area contributed by atoms with Crippen LogP contribution in [0, 0.1) is 5.82 Å². The standard InChI is InChI=1S/C19H20FN5O2/c20-14-5-7-15(8-6-14)25-18-16(11-22-25)19(27)24(13-21-18)12-17(26)23-9-3-1-2-4-10-23/h5-8,11,13H,1-4,9-10,12H2. The molecule has 8 heteroatoms. The molecular weight excluding hydrogens is 349 g/mol. The van der Waals surface area contributed by atoms with Gasteiger partial charge < -0.3 is 4.90 Å². The molecule has 140 valence electrons. The molecule has 1 aliphatic rings. The van der Waals surface area contributed by atoms with Crippen LogP contribution in [-0.2, 0) is 11.3 Å². The minimum absolute atomic E-state index is 0.0243. The van der Waals surface area contributed by atoms with E-state index in [2.05, 4.69) is 10.1 Å². The summed E-state index contributed by atoms with van der Waals surface area (Å²) in [6.45, 7) is 1.46. The number of hydrogen-bond donors (Lipinski definition) is 0. The first-order valence-corrected chi connectivity index (χ1v) is 9.10. The minimum atomic E-state index is -0.349. The number of hydrogen-bond acceptors (Lipinski definition) is 4. The van der Waals surface area contributed by atoms with Crippen LogP contribution in [0.3, 0.4) is 0 Å². The molecule has 0 bridgehead atoms. The molecule has 0 radical (unpaired) electrons. The van der Waals surface area contributed by atoms with E-state index in [0.717, 1.165) is 38.8 Å². The Kier molecular flexibility index (Phi) is 4.70. The summed E-state index contributed by atoms with van der Waals surface area (Å²) >= 11 is 0. The molecule has 1 fully saturated rings. The van der Waals surface area contributed by atoms with Crippen LogP contribution < -0.4 is 5.56 Å². The van der Waals surface area contributed by atoms with Crippen molar-refractivity contribution in [3.05, 3.63) is 53.0 Å². The zero-order chi connectivity index (χ0) is 18.8. The van der Waals surface area contributed by atoms with Gasteiger partial charge in [-0.05, 0) is 37.1 Å². The van der Waals surface area contributed by atoms with E-state index in [1.807, 2.05) is 4.90 Å². The number of nitrogens with zero attached hydrogens (tertiary/aromatic N) is 5. The number of rotatable bonds is 3. The quantitative estimate of drug-likeness (QED) is 0.709. The van der Waals surface area contributed by atoms with Gasteiger partial charge in [-0.2, -0.15) is 5.10 Å². The highest BCUT2D eigenvalue weighted by atomic mass is 19.1. The molecule has 1 aromatic carbocycles. The summed E-state index contributed by atoms with van der Waals surface area (Å²) in [7, 11) is 0. The molecule has 7 nitrogen and oxygen atoms in total. The summed E-state index contributed by atoms with van der Waals surface area (Å²) in [4.78, 5) is 31.4. The molecule has 3 aromatic rings. The van der Waals surface area contributed by atoms with Gasteiger partial charge >= 0.3 is 0 Å². The van der Waals surface area contributed by atoms with Crippen molar-refractivity contribution in [1.82, 2.24) is 24.2 Å². The van der Waals surface area contributed by atoms with Crippen molar-refractivity contribution >= 4 is 16.9 Å². The molecule has 0 aliphatic carbocycles. The van der Waals surface area contributed by atoms with Gasteiger partial charge in [0.2, 0.25) is 5.91 Å². The van der Waals surface area contributed by atoms with Gasteiger partial charge in [0, 0.05) is 13.1 Å². The Bertz CT molecular complexity index is 1020. The average molecular weight is 369 g/mol. The summed E-state index contributed by atoms with van der Waals surface area (Å²) < 4.78 is 15.9. The molecule has 0 unspecified atom stereocenters. The van der Waals surface area contributed by atoms with Gasteiger partial charge in [0.25, 0.3) is 5.56 Å². The van der Waals surface area contributed by atoms with Crippen LogP contribution in [0.5, 0.6) is 0 Å². The molecule has 1 aliphatic heterocycles. The maximum Gasteiger partial charge on any atom is 0.264 e. The van der Waals surface area contributed by atoms with Gasteiger partial charge in [0.05, 0.1) is 11.9 Å². The van der Waals surface area contributed by atoms with Crippen molar-refractivity contribution in [3.63, 3.8) is 0 Å². The lowest BCUT2D eigenvalue weighted by Gasteiger charge is -2.20. The van der Waals surface area contributed by atoms with Crippen molar-refractivity contribution < 1.29 is 9.18 Å². The largest absolute Gasteiger partial charge is 0.341 e. The number of carbonyl (C=O) groups is 1. The molecule has 3 heterocycles. The Balaban J connectivity index is 1.62. The Labute approximate surface area is 155 Å². The first-order valence-electron chi connectivity index (χ1n) is 9.10. The number of halogens is 1. The smallest absolute Gasteiger partial charge is 0.264 e. The van der Waals surface area contributed by atoms with Crippen molar-refractivity contribution in [2.75, 3.05) is 13.1 Å². The summed E-state index contributed by atoms with van der Waals surface area (Å²) in [5.41, 5.74) is 0.679. The molecule has 0 spiro atoms. The maximum absolute atomic E-state index is 13.1. The van der Waals surface area contributed by atoms with E-state index in [4.69, 9.17) is 0 Å². The highest BCUT2D eigenvalue weighted by Gasteiger charge is 2.18. The minimum Gasteiger partial charge on any atom is -0.341 e. The van der Waals surface area contributed by atoms with E-state index in [1.165, 1.54) is 33.9 Å². The molecule has 1 saturated heterocycles. The van der Waals surface area contributed by atoms with Gasteiger partial charge in [0.1, 0.15) is 24.1 Å². The van der Waals surface area contributed by atoms with Crippen molar-refractivity contribution in [2.24, 2.45) is 0 Å². The van der Waals surface area contributed by atoms with E-state index in [1.54, 1.807) is 12.1 Å². The lowest BCUT2D eigenvalue weighted by atomic mass is 10.2. The zero-order valence-corrected chi connectivity index (χ0v) is 14.8. The summed E-state index contributed by atoms with van der Waals surface area (Å²) in [6.07, 6.45) is 7.09. The third-order valence-electron chi connectivity index (χ3n) is 4.89. The number of amides is 1. The van der Waals surface area contributed by atoms with Gasteiger partial charge in [-0.1, -0.05) is 12.8 Å². The fourth-order valence-corrected chi connectivity index (χ4v) is 3.40. The second kappa shape index (κ2) is 7.30. The molecule has 0 atom stereocenters. The second-order valence-electron chi connectivity index (χ2n) is 6.74. The molecule has 27 heavy (non-hydrogen) atoms. The Morgan fingerprint density at radius 1 is 1.07 bits per heavy atom. The third-order valence-corrected chi connectivity index (χ3v) is 4.89. The number of carbonyl (C=O) groups excluding carboxylic acids is 1. The monoisotopic (exact) mass is 369 g/mol. The lowest BCUT2D eigenvalue weighted by Crippen LogP contribution is -2.37. The fraction of sp³-hybridized carbons (Fsp3) is 0.368. The molecule has 4 rings (SSSR count). The topological polar surface area (TPSA) is 73.0 Å². The van der Waals surface area contributed by atoms with Crippen LogP contribution in [0.15, 0.2) is 41.6 Å². The summed E-state index contributed by atoms with van der Waals surface area (Å²) in [6, 6.07) is 5.78. The fourth-order valence-electron chi connectivity index (χ4n) is 3.40. The molecule has 0 saturated carbocycles. The van der Waals surface area contributed by atoms with E-state index < -0.39 is 0 Å². The van der Waals surface area contributed by atoms with Crippen LogP contribution in [-0.4, -0.2) is 43.2 Å². The number of benzene rings is 1. The Morgan fingerprint density at radius 2 is 1.78 bits per heavy atom. The lowest BCUT2D eigenvalue weighted by molar-refractivity contribution is -0.131. The average Bonchev–Trinajstić information content (AvgIpc) is 2.91. The molecule has 0 N–H and O–H groups in total.